The molecule has 0 aliphatic heterocycles. The van der Waals surface area contributed by atoms with E-state index < -0.39 is 0 Å². The lowest BCUT2D eigenvalue weighted by Gasteiger charge is -2.29. The first-order chi connectivity index (χ1) is 32.8. The second-order valence-corrected chi connectivity index (χ2v) is 16.8. The number of hydrogen-bond donors (Lipinski definition) is 0. The second-order valence-electron chi connectivity index (χ2n) is 16.8. The van der Waals surface area contributed by atoms with E-state index in [2.05, 4.69) is 254 Å². The lowest BCUT2D eigenvalue weighted by Crippen LogP contribution is -2.11. The van der Waals surface area contributed by atoms with E-state index in [-0.39, 0.29) is 0 Å². The summed E-state index contributed by atoms with van der Waals surface area (Å²) >= 11 is 0. The molecule has 310 valence electrons. The molecule has 0 aliphatic carbocycles. The number of para-hydroxylation sites is 3. The van der Waals surface area contributed by atoms with Gasteiger partial charge in [0, 0.05) is 33.3 Å². The summed E-state index contributed by atoms with van der Waals surface area (Å²) in [6.45, 7) is 0. The summed E-state index contributed by atoms with van der Waals surface area (Å²) in [5, 5.41) is 4.70. The van der Waals surface area contributed by atoms with Gasteiger partial charge in [-0.05, 0) is 103 Å². The highest BCUT2D eigenvalue weighted by molar-refractivity contribution is 6.10. The van der Waals surface area contributed by atoms with Crippen LogP contribution in [0.5, 0.6) is 0 Å². The molecule has 66 heavy (non-hydrogen) atoms. The number of fused-ring (bicyclic) bond motifs is 4. The van der Waals surface area contributed by atoms with Gasteiger partial charge < -0.3 is 9.32 Å². The molecule has 0 radical (unpaired) electrons. The molecule has 0 spiro atoms. The molecule has 1 aromatic heterocycles. The zero-order chi connectivity index (χ0) is 43.8. The summed E-state index contributed by atoms with van der Waals surface area (Å²) in [6.07, 6.45) is 0. The van der Waals surface area contributed by atoms with Gasteiger partial charge >= 0.3 is 0 Å². The number of furan rings is 1. The van der Waals surface area contributed by atoms with Gasteiger partial charge in [-0.3, -0.25) is 0 Å². The first kappa shape index (κ1) is 38.9. The number of hydrogen-bond acceptors (Lipinski definition) is 2. The van der Waals surface area contributed by atoms with E-state index in [9.17, 15) is 0 Å². The van der Waals surface area contributed by atoms with Crippen LogP contribution >= 0.6 is 0 Å². The molecule has 0 amide bonds. The van der Waals surface area contributed by atoms with Crippen LogP contribution < -0.4 is 4.90 Å². The Morgan fingerprint density at radius 2 is 0.788 bits per heavy atom. The quantitative estimate of drug-likeness (QED) is 0.144. The molecule has 2 nitrogen and oxygen atoms in total. The Labute approximate surface area is 384 Å². The van der Waals surface area contributed by atoms with Crippen LogP contribution in [0.25, 0.3) is 99.5 Å². The second kappa shape index (κ2) is 16.8. The predicted octanol–water partition coefficient (Wildman–Crippen LogP) is 18.2. The van der Waals surface area contributed by atoms with Crippen LogP contribution in [-0.2, 0) is 0 Å². The standard InChI is InChI=1S/C64H43NO/c1-3-19-44(20-4-1)52-28-9-10-31-58(52)63-54(46-21-5-2-6-22-46)33-17-35-59(63)56-29-11-13-37-61(56)65(50-26-15-25-48(43-50)53-32-16-24-45-23-7-8-27-51(45)53)49-41-39-47(40-42-49)55-34-18-36-60-57-30-12-14-38-62(57)66-64(55)60/h1-43H. The third kappa shape index (κ3) is 6.93. The molecule has 2 heteroatoms. The number of benzene rings is 11. The maximum Gasteiger partial charge on any atom is 0.143 e. The number of anilines is 3. The maximum absolute atomic E-state index is 6.52. The van der Waals surface area contributed by atoms with Crippen molar-refractivity contribution >= 4 is 49.8 Å². The van der Waals surface area contributed by atoms with Crippen molar-refractivity contribution in [2.24, 2.45) is 0 Å². The summed E-state index contributed by atoms with van der Waals surface area (Å²) in [5.41, 5.74) is 18.9. The molecular formula is C64H43NO. The molecule has 12 rings (SSSR count). The van der Waals surface area contributed by atoms with Crippen molar-refractivity contribution in [1.29, 1.82) is 0 Å². The molecule has 0 unspecified atom stereocenters. The first-order valence-electron chi connectivity index (χ1n) is 22.6. The molecule has 0 atom stereocenters. The zero-order valence-electron chi connectivity index (χ0n) is 36.2. The minimum atomic E-state index is 0.896. The molecular weight excluding hydrogens is 799 g/mol. The lowest BCUT2D eigenvalue weighted by molar-refractivity contribution is 0.670. The van der Waals surface area contributed by atoms with Gasteiger partial charge in [-0.15, -0.1) is 0 Å². The zero-order valence-corrected chi connectivity index (χ0v) is 36.2. The van der Waals surface area contributed by atoms with Crippen LogP contribution in [0, 0.1) is 0 Å². The van der Waals surface area contributed by atoms with Crippen molar-refractivity contribution in [3.8, 4) is 66.8 Å². The van der Waals surface area contributed by atoms with Gasteiger partial charge in [-0.1, -0.05) is 224 Å². The molecule has 11 aromatic carbocycles. The Balaban J connectivity index is 1.08. The third-order valence-electron chi connectivity index (χ3n) is 12.9. The van der Waals surface area contributed by atoms with Crippen molar-refractivity contribution in [1.82, 2.24) is 0 Å². The fraction of sp³-hybridized carbons (Fsp3) is 0. The van der Waals surface area contributed by atoms with Gasteiger partial charge in [0.25, 0.3) is 0 Å². The van der Waals surface area contributed by atoms with Gasteiger partial charge in [-0.25, -0.2) is 0 Å². The van der Waals surface area contributed by atoms with Crippen LogP contribution in [-0.4, -0.2) is 0 Å². The molecule has 0 fully saturated rings. The Hall–Kier alpha value is -8.72. The van der Waals surface area contributed by atoms with Crippen LogP contribution in [0.2, 0.25) is 0 Å². The van der Waals surface area contributed by atoms with E-state index >= 15 is 0 Å². The number of rotatable bonds is 9. The summed E-state index contributed by atoms with van der Waals surface area (Å²) in [4.78, 5) is 2.43. The number of nitrogens with zero attached hydrogens (tertiary/aromatic N) is 1. The van der Waals surface area contributed by atoms with E-state index in [1.165, 1.54) is 49.7 Å². The fourth-order valence-corrected chi connectivity index (χ4v) is 9.87. The summed E-state index contributed by atoms with van der Waals surface area (Å²) in [6, 6.07) is 94.0. The van der Waals surface area contributed by atoms with Crippen LogP contribution in [0.3, 0.4) is 0 Å². The smallest absolute Gasteiger partial charge is 0.143 e. The van der Waals surface area contributed by atoms with Gasteiger partial charge in [0.15, 0.2) is 0 Å². The molecule has 12 aromatic rings. The van der Waals surface area contributed by atoms with Gasteiger partial charge in [0.05, 0.1) is 5.69 Å². The predicted molar refractivity (Wildman–Crippen MR) is 279 cm³/mol. The van der Waals surface area contributed by atoms with Crippen molar-refractivity contribution in [2.75, 3.05) is 4.90 Å². The highest BCUT2D eigenvalue weighted by Crippen LogP contribution is 2.49. The van der Waals surface area contributed by atoms with Gasteiger partial charge in [0.1, 0.15) is 11.2 Å². The fourth-order valence-electron chi connectivity index (χ4n) is 9.87. The van der Waals surface area contributed by atoms with Crippen LogP contribution in [0.1, 0.15) is 0 Å². The highest BCUT2D eigenvalue weighted by Gasteiger charge is 2.23. The maximum atomic E-state index is 6.52. The van der Waals surface area contributed by atoms with Crippen LogP contribution in [0.4, 0.5) is 17.1 Å². The van der Waals surface area contributed by atoms with Crippen molar-refractivity contribution < 1.29 is 4.42 Å². The van der Waals surface area contributed by atoms with Crippen molar-refractivity contribution in [3.63, 3.8) is 0 Å². The Bertz CT molecular complexity index is 3690. The SMILES string of the molecule is c1ccc(-c2ccccc2-c2c(-c3ccccc3)cccc2-c2ccccc2N(c2ccc(-c3cccc4c3oc3ccccc34)cc2)c2cccc(-c3cccc4ccccc34)c2)cc1. The molecule has 1 heterocycles. The Morgan fingerprint density at radius 1 is 0.273 bits per heavy atom. The normalized spacial score (nSPS) is 11.3. The van der Waals surface area contributed by atoms with Crippen molar-refractivity contribution in [2.45, 2.75) is 0 Å². The van der Waals surface area contributed by atoms with E-state index in [0.29, 0.717) is 0 Å². The van der Waals surface area contributed by atoms with Crippen LogP contribution in [0.15, 0.2) is 265 Å². The van der Waals surface area contributed by atoms with Crippen molar-refractivity contribution in [3.05, 3.63) is 261 Å². The van der Waals surface area contributed by atoms with E-state index in [4.69, 9.17) is 4.42 Å². The highest BCUT2D eigenvalue weighted by atomic mass is 16.3. The minimum absolute atomic E-state index is 0.896. The van der Waals surface area contributed by atoms with Gasteiger partial charge in [-0.2, -0.15) is 0 Å². The molecule has 0 saturated carbocycles. The topological polar surface area (TPSA) is 16.4 Å². The Kier molecular flexibility index (Phi) is 9.89. The van der Waals surface area contributed by atoms with E-state index in [1.54, 1.807) is 0 Å². The molecule has 0 bridgehead atoms. The molecule has 0 aliphatic rings. The summed E-state index contributed by atoms with van der Waals surface area (Å²) in [7, 11) is 0. The lowest BCUT2D eigenvalue weighted by atomic mass is 9.84. The summed E-state index contributed by atoms with van der Waals surface area (Å²) < 4.78 is 6.52. The largest absolute Gasteiger partial charge is 0.455 e. The average molecular weight is 842 g/mol. The first-order valence-corrected chi connectivity index (χ1v) is 22.6. The monoisotopic (exact) mass is 841 g/mol. The van der Waals surface area contributed by atoms with E-state index in [0.717, 1.165) is 66.8 Å². The minimum Gasteiger partial charge on any atom is -0.455 e. The third-order valence-corrected chi connectivity index (χ3v) is 12.9. The van der Waals surface area contributed by atoms with E-state index in [1.807, 2.05) is 12.1 Å². The average Bonchev–Trinajstić information content (AvgIpc) is 3.79. The molecule has 0 saturated heterocycles. The van der Waals surface area contributed by atoms with Gasteiger partial charge in [0.2, 0.25) is 0 Å². The Morgan fingerprint density at radius 3 is 1.61 bits per heavy atom. The summed E-state index contributed by atoms with van der Waals surface area (Å²) in [5.74, 6) is 0. The molecule has 0 N–H and O–H groups in total.